The van der Waals surface area contributed by atoms with Crippen molar-refractivity contribution in [3.8, 4) is 0 Å². The average Bonchev–Trinajstić information content (AvgIpc) is 2.20. The molecule has 0 heterocycles. The Kier molecular flexibility index (Phi) is 5.73. The minimum absolute atomic E-state index is 0.0641. The standard InChI is InChI=1S/C12H14BrClINO/c1-12(2,5-6-14)16-11(17)9-7-8(13)3-4-10(9)15/h3-4,7H,5-6H2,1-2H3,(H,16,17). The molecule has 0 aromatic heterocycles. The number of benzene rings is 1. The molecule has 1 rings (SSSR count). The first kappa shape index (κ1) is 15.2. The van der Waals surface area contributed by atoms with Crippen LogP contribution in [0.4, 0.5) is 0 Å². The van der Waals surface area contributed by atoms with Crippen LogP contribution in [0.2, 0.25) is 0 Å². The molecule has 1 amide bonds. The first-order valence-electron chi connectivity index (χ1n) is 5.19. The Morgan fingerprint density at radius 1 is 1.53 bits per heavy atom. The monoisotopic (exact) mass is 429 g/mol. The van der Waals surface area contributed by atoms with E-state index in [1.165, 1.54) is 0 Å². The SMILES string of the molecule is CC(C)(CCCl)NC(=O)c1cc(Br)ccc1I. The molecule has 0 aliphatic rings. The second kappa shape index (κ2) is 6.38. The van der Waals surface area contributed by atoms with Crippen LogP contribution in [0.1, 0.15) is 30.6 Å². The summed E-state index contributed by atoms with van der Waals surface area (Å²) in [4.78, 5) is 12.1. The number of rotatable bonds is 4. The lowest BCUT2D eigenvalue weighted by Crippen LogP contribution is -2.43. The lowest BCUT2D eigenvalue weighted by Gasteiger charge is -2.25. The van der Waals surface area contributed by atoms with Crippen molar-refractivity contribution in [3.05, 3.63) is 31.8 Å². The van der Waals surface area contributed by atoms with E-state index >= 15 is 0 Å². The Morgan fingerprint density at radius 2 is 2.18 bits per heavy atom. The molecule has 94 valence electrons. The van der Waals surface area contributed by atoms with Crippen LogP contribution < -0.4 is 5.32 Å². The van der Waals surface area contributed by atoms with Crippen molar-refractivity contribution < 1.29 is 4.79 Å². The maximum absolute atomic E-state index is 12.1. The Balaban J connectivity index is 2.86. The molecule has 1 aromatic rings. The number of amides is 1. The van der Waals surface area contributed by atoms with Crippen molar-refractivity contribution in [1.82, 2.24) is 5.32 Å². The van der Waals surface area contributed by atoms with E-state index in [-0.39, 0.29) is 11.4 Å². The quantitative estimate of drug-likeness (QED) is 0.563. The number of hydrogen-bond donors (Lipinski definition) is 1. The minimum Gasteiger partial charge on any atom is -0.347 e. The smallest absolute Gasteiger partial charge is 0.252 e. The molecule has 1 aromatic carbocycles. The van der Waals surface area contributed by atoms with Crippen LogP contribution in [0.25, 0.3) is 0 Å². The van der Waals surface area contributed by atoms with Crippen molar-refractivity contribution in [3.63, 3.8) is 0 Å². The highest BCUT2D eigenvalue weighted by molar-refractivity contribution is 14.1. The van der Waals surface area contributed by atoms with Gasteiger partial charge in [0, 0.05) is 19.5 Å². The third-order valence-electron chi connectivity index (χ3n) is 2.34. The second-order valence-electron chi connectivity index (χ2n) is 4.40. The fourth-order valence-corrected chi connectivity index (χ4v) is 2.76. The van der Waals surface area contributed by atoms with E-state index in [9.17, 15) is 4.79 Å². The summed E-state index contributed by atoms with van der Waals surface area (Å²) in [6, 6.07) is 5.66. The molecule has 0 saturated carbocycles. The molecule has 0 fully saturated rings. The van der Waals surface area contributed by atoms with Gasteiger partial charge in [-0.3, -0.25) is 4.79 Å². The van der Waals surface area contributed by atoms with Gasteiger partial charge in [-0.15, -0.1) is 11.6 Å². The van der Waals surface area contributed by atoms with Crippen molar-refractivity contribution >= 4 is 56.0 Å². The number of carbonyl (C=O) groups excluding carboxylic acids is 1. The lowest BCUT2D eigenvalue weighted by atomic mass is 10.0. The summed E-state index contributed by atoms with van der Waals surface area (Å²) >= 11 is 11.2. The van der Waals surface area contributed by atoms with E-state index in [1.54, 1.807) is 0 Å². The summed E-state index contributed by atoms with van der Waals surface area (Å²) < 4.78 is 1.84. The third-order valence-corrected chi connectivity index (χ3v) is 3.97. The van der Waals surface area contributed by atoms with E-state index in [0.717, 1.165) is 14.5 Å². The van der Waals surface area contributed by atoms with Gasteiger partial charge in [0.15, 0.2) is 0 Å². The number of hydrogen-bond acceptors (Lipinski definition) is 1. The predicted molar refractivity (Wildman–Crippen MR) is 83.7 cm³/mol. The highest BCUT2D eigenvalue weighted by atomic mass is 127. The lowest BCUT2D eigenvalue weighted by molar-refractivity contribution is 0.0910. The number of alkyl halides is 1. The maximum Gasteiger partial charge on any atom is 0.252 e. The van der Waals surface area contributed by atoms with Gasteiger partial charge in [0.2, 0.25) is 0 Å². The second-order valence-corrected chi connectivity index (χ2v) is 6.86. The molecule has 0 aliphatic heterocycles. The zero-order valence-corrected chi connectivity index (χ0v) is 14.2. The molecule has 5 heteroatoms. The van der Waals surface area contributed by atoms with Gasteiger partial charge >= 0.3 is 0 Å². The van der Waals surface area contributed by atoms with Gasteiger partial charge < -0.3 is 5.32 Å². The summed E-state index contributed by atoms with van der Waals surface area (Å²) in [6.45, 7) is 3.94. The first-order valence-corrected chi connectivity index (χ1v) is 7.60. The van der Waals surface area contributed by atoms with Gasteiger partial charge in [-0.05, 0) is 61.1 Å². The maximum atomic E-state index is 12.1. The van der Waals surface area contributed by atoms with E-state index in [0.29, 0.717) is 11.4 Å². The Morgan fingerprint density at radius 3 is 2.76 bits per heavy atom. The third kappa shape index (κ3) is 4.75. The van der Waals surface area contributed by atoms with Crippen molar-refractivity contribution in [2.24, 2.45) is 0 Å². The molecule has 0 spiro atoms. The highest BCUT2D eigenvalue weighted by Crippen LogP contribution is 2.19. The largest absolute Gasteiger partial charge is 0.347 e. The van der Waals surface area contributed by atoms with Crippen molar-refractivity contribution in [2.45, 2.75) is 25.8 Å². The molecule has 0 bridgehead atoms. The summed E-state index contributed by atoms with van der Waals surface area (Å²) in [7, 11) is 0. The van der Waals surface area contributed by atoms with E-state index in [1.807, 2.05) is 32.0 Å². The van der Waals surface area contributed by atoms with Crippen LogP contribution in [-0.4, -0.2) is 17.3 Å². The molecule has 0 atom stereocenters. The molecular weight excluding hydrogens is 416 g/mol. The van der Waals surface area contributed by atoms with Gasteiger partial charge in [-0.25, -0.2) is 0 Å². The van der Waals surface area contributed by atoms with Crippen LogP contribution >= 0.6 is 50.1 Å². The van der Waals surface area contributed by atoms with E-state index in [4.69, 9.17) is 11.6 Å². The fourth-order valence-electron chi connectivity index (χ4n) is 1.34. The van der Waals surface area contributed by atoms with E-state index in [2.05, 4.69) is 43.8 Å². The number of carbonyl (C=O) groups is 1. The molecule has 17 heavy (non-hydrogen) atoms. The van der Waals surface area contributed by atoms with Gasteiger partial charge in [-0.1, -0.05) is 15.9 Å². The molecule has 0 aliphatic carbocycles. The zero-order chi connectivity index (χ0) is 13.1. The first-order chi connectivity index (χ1) is 7.85. The summed E-state index contributed by atoms with van der Waals surface area (Å²) in [5.41, 5.74) is 0.396. The number of nitrogens with one attached hydrogen (secondary N) is 1. The van der Waals surface area contributed by atoms with Crippen molar-refractivity contribution in [1.29, 1.82) is 0 Å². The Labute approximate surface area is 129 Å². The minimum atomic E-state index is -0.287. The normalized spacial score (nSPS) is 11.4. The van der Waals surface area contributed by atoms with Crippen LogP contribution in [0.3, 0.4) is 0 Å². The highest BCUT2D eigenvalue weighted by Gasteiger charge is 2.21. The van der Waals surface area contributed by atoms with Crippen LogP contribution in [-0.2, 0) is 0 Å². The Hall–Kier alpha value is 0.190. The van der Waals surface area contributed by atoms with Gasteiger partial charge in [0.05, 0.1) is 5.56 Å². The molecule has 0 saturated heterocycles. The Bertz CT molecular complexity index is 423. The average molecular weight is 431 g/mol. The molecule has 0 radical (unpaired) electrons. The molecule has 1 N–H and O–H groups in total. The summed E-state index contributed by atoms with van der Waals surface area (Å²) in [5, 5.41) is 2.99. The number of halogens is 3. The molecule has 2 nitrogen and oxygen atoms in total. The fraction of sp³-hybridized carbons (Fsp3) is 0.417. The van der Waals surface area contributed by atoms with E-state index < -0.39 is 0 Å². The molecular formula is C12H14BrClINO. The van der Waals surface area contributed by atoms with Crippen LogP contribution in [0, 0.1) is 3.57 Å². The van der Waals surface area contributed by atoms with Crippen LogP contribution in [0.15, 0.2) is 22.7 Å². The van der Waals surface area contributed by atoms with Gasteiger partial charge in [-0.2, -0.15) is 0 Å². The predicted octanol–water partition coefficient (Wildman–Crippen LogP) is 4.19. The topological polar surface area (TPSA) is 29.1 Å². The van der Waals surface area contributed by atoms with Gasteiger partial charge in [0.25, 0.3) is 5.91 Å². The van der Waals surface area contributed by atoms with Crippen LogP contribution in [0.5, 0.6) is 0 Å². The molecule has 0 unspecified atom stereocenters. The zero-order valence-electron chi connectivity index (χ0n) is 9.69. The summed E-state index contributed by atoms with van der Waals surface area (Å²) in [5.74, 6) is 0.467. The van der Waals surface area contributed by atoms with Gasteiger partial charge in [0.1, 0.15) is 0 Å². The summed E-state index contributed by atoms with van der Waals surface area (Å²) in [6.07, 6.45) is 0.741. The van der Waals surface area contributed by atoms with Crippen molar-refractivity contribution in [2.75, 3.05) is 5.88 Å².